The van der Waals surface area contributed by atoms with Gasteiger partial charge in [-0.25, -0.2) is 9.97 Å². The van der Waals surface area contributed by atoms with Crippen LogP contribution in [0.3, 0.4) is 0 Å². The van der Waals surface area contributed by atoms with Gasteiger partial charge in [0.2, 0.25) is 0 Å². The van der Waals surface area contributed by atoms with Crippen LogP contribution in [-0.4, -0.2) is 22.6 Å². The van der Waals surface area contributed by atoms with Crippen LogP contribution in [0.5, 0.6) is 0 Å². The third-order valence-electron chi connectivity index (χ3n) is 2.17. The second kappa shape index (κ2) is 5.66. The number of aromatic nitrogens is 2. The smallest absolute Gasteiger partial charge is 0.129 e. The Morgan fingerprint density at radius 3 is 2.73 bits per heavy atom. The minimum absolute atomic E-state index is 0.291. The molecule has 0 aliphatic rings. The molecule has 0 aliphatic heterocycles. The SMILES string of the molecule is Cc1nccc(NC(CN)CC(C)C)n1. The lowest BCUT2D eigenvalue weighted by molar-refractivity contribution is 0.521. The third-order valence-corrected chi connectivity index (χ3v) is 2.17. The van der Waals surface area contributed by atoms with Crippen molar-refractivity contribution in [1.82, 2.24) is 9.97 Å². The van der Waals surface area contributed by atoms with E-state index in [-0.39, 0.29) is 0 Å². The molecule has 3 N–H and O–H groups in total. The first-order valence-corrected chi connectivity index (χ1v) is 5.38. The molecule has 1 unspecified atom stereocenters. The first-order valence-electron chi connectivity index (χ1n) is 5.38. The average molecular weight is 208 g/mol. The standard InChI is InChI=1S/C11H20N4/c1-8(2)6-10(7-12)15-11-4-5-13-9(3)14-11/h4-5,8,10H,6-7,12H2,1-3H3,(H,13,14,15). The zero-order valence-corrected chi connectivity index (χ0v) is 9.70. The zero-order valence-electron chi connectivity index (χ0n) is 9.70. The highest BCUT2D eigenvalue weighted by Crippen LogP contribution is 2.09. The maximum Gasteiger partial charge on any atom is 0.129 e. The van der Waals surface area contributed by atoms with Crippen molar-refractivity contribution >= 4 is 5.82 Å². The van der Waals surface area contributed by atoms with Crippen molar-refractivity contribution in [2.45, 2.75) is 33.2 Å². The van der Waals surface area contributed by atoms with Gasteiger partial charge in [0.05, 0.1) is 0 Å². The summed E-state index contributed by atoms with van der Waals surface area (Å²) in [6, 6.07) is 2.16. The fourth-order valence-electron chi connectivity index (χ4n) is 1.53. The summed E-state index contributed by atoms with van der Waals surface area (Å²) in [5.41, 5.74) is 5.70. The van der Waals surface area contributed by atoms with Gasteiger partial charge in [-0.1, -0.05) is 13.8 Å². The molecule has 1 aromatic rings. The summed E-state index contributed by atoms with van der Waals surface area (Å²) in [6.45, 7) is 6.89. The Morgan fingerprint density at radius 2 is 2.20 bits per heavy atom. The first kappa shape index (κ1) is 11.9. The number of nitrogens with one attached hydrogen (secondary N) is 1. The van der Waals surface area contributed by atoms with Crippen LogP contribution in [-0.2, 0) is 0 Å². The summed E-state index contributed by atoms with van der Waals surface area (Å²) in [4.78, 5) is 8.34. The van der Waals surface area contributed by atoms with Crippen molar-refractivity contribution in [3.8, 4) is 0 Å². The molecule has 0 fully saturated rings. The van der Waals surface area contributed by atoms with E-state index >= 15 is 0 Å². The fraction of sp³-hybridized carbons (Fsp3) is 0.636. The van der Waals surface area contributed by atoms with Gasteiger partial charge in [-0.15, -0.1) is 0 Å². The van der Waals surface area contributed by atoms with Gasteiger partial charge < -0.3 is 11.1 Å². The summed E-state index contributed by atoms with van der Waals surface area (Å²) < 4.78 is 0. The van der Waals surface area contributed by atoms with Gasteiger partial charge in [0.1, 0.15) is 11.6 Å². The van der Waals surface area contributed by atoms with Gasteiger partial charge >= 0.3 is 0 Å². The minimum Gasteiger partial charge on any atom is -0.366 e. The van der Waals surface area contributed by atoms with Gasteiger partial charge in [-0.05, 0) is 25.3 Å². The number of nitrogens with two attached hydrogens (primary N) is 1. The number of aryl methyl sites for hydroxylation is 1. The number of hydrogen-bond acceptors (Lipinski definition) is 4. The second-order valence-corrected chi connectivity index (χ2v) is 4.20. The predicted molar refractivity (Wildman–Crippen MR) is 62.7 cm³/mol. The molecule has 1 atom stereocenters. The van der Waals surface area contributed by atoms with E-state index in [0.717, 1.165) is 18.1 Å². The lowest BCUT2D eigenvalue weighted by Gasteiger charge is -2.19. The Hall–Kier alpha value is -1.16. The summed E-state index contributed by atoms with van der Waals surface area (Å²) in [6.07, 6.45) is 2.81. The normalized spacial score (nSPS) is 12.9. The summed E-state index contributed by atoms with van der Waals surface area (Å²) in [5, 5.41) is 3.32. The van der Waals surface area contributed by atoms with E-state index in [1.54, 1.807) is 6.20 Å². The van der Waals surface area contributed by atoms with Crippen LogP contribution < -0.4 is 11.1 Å². The Bertz CT molecular complexity index is 298. The van der Waals surface area contributed by atoms with E-state index in [9.17, 15) is 0 Å². The van der Waals surface area contributed by atoms with Gasteiger partial charge in [0, 0.05) is 18.8 Å². The van der Waals surface area contributed by atoms with Crippen LogP contribution in [0, 0.1) is 12.8 Å². The van der Waals surface area contributed by atoms with Gasteiger partial charge in [-0.2, -0.15) is 0 Å². The molecule has 15 heavy (non-hydrogen) atoms. The molecule has 0 aliphatic carbocycles. The molecule has 0 bridgehead atoms. The lowest BCUT2D eigenvalue weighted by Crippen LogP contribution is -2.30. The fourth-order valence-corrected chi connectivity index (χ4v) is 1.53. The summed E-state index contributed by atoms with van der Waals surface area (Å²) in [5.74, 6) is 2.27. The second-order valence-electron chi connectivity index (χ2n) is 4.20. The van der Waals surface area contributed by atoms with E-state index in [0.29, 0.717) is 18.5 Å². The maximum absolute atomic E-state index is 5.70. The van der Waals surface area contributed by atoms with Crippen LogP contribution >= 0.6 is 0 Å². The molecule has 4 heteroatoms. The molecule has 1 heterocycles. The van der Waals surface area contributed by atoms with Gasteiger partial charge in [-0.3, -0.25) is 0 Å². The predicted octanol–water partition coefficient (Wildman–Crippen LogP) is 1.57. The Labute approximate surface area is 91.3 Å². The Kier molecular flexibility index (Phi) is 4.49. The number of hydrogen-bond donors (Lipinski definition) is 2. The van der Waals surface area contributed by atoms with Crippen LogP contribution in [0.1, 0.15) is 26.1 Å². The van der Waals surface area contributed by atoms with Crippen molar-refractivity contribution in [1.29, 1.82) is 0 Å². The number of nitrogens with zero attached hydrogens (tertiary/aromatic N) is 2. The highest BCUT2D eigenvalue weighted by atomic mass is 15.0. The summed E-state index contributed by atoms with van der Waals surface area (Å²) >= 11 is 0. The Balaban J connectivity index is 2.58. The quantitative estimate of drug-likeness (QED) is 0.771. The molecule has 0 spiro atoms. The van der Waals surface area contributed by atoms with Crippen molar-refractivity contribution in [3.05, 3.63) is 18.1 Å². The molecule has 0 saturated heterocycles. The van der Waals surface area contributed by atoms with Gasteiger partial charge in [0.25, 0.3) is 0 Å². The number of rotatable bonds is 5. The lowest BCUT2D eigenvalue weighted by atomic mass is 10.0. The molecule has 4 nitrogen and oxygen atoms in total. The van der Waals surface area contributed by atoms with E-state index in [1.807, 2.05) is 13.0 Å². The Morgan fingerprint density at radius 1 is 1.47 bits per heavy atom. The molecule has 0 radical (unpaired) electrons. The molecule has 1 rings (SSSR count). The molecule has 1 aromatic heterocycles. The molecule has 0 aromatic carbocycles. The van der Waals surface area contributed by atoms with E-state index in [4.69, 9.17) is 5.73 Å². The first-order chi connectivity index (χ1) is 7.11. The highest BCUT2D eigenvalue weighted by molar-refractivity contribution is 5.34. The van der Waals surface area contributed by atoms with E-state index < -0.39 is 0 Å². The molecular weight excluding hydrogens is 188 g/mol. The highest BCUT2D eigenvalue weighted by Gasteiger charge is 2.09. The third kappa shape index (κ3) is 4.25. The maximum atomic E-state index is 5.70. The van der Waals surface area contributed by atoms with E-state index in [1.165, 1.54) is 0 Å². The van der Waals surface area contributed by atoms with Crippen LogP contribution in [0.4, 0.5) is 5.82 Å². The van der Waals surface area contributed by atoms with Gasteiger partial charge in [0.15, 0.2) is 0 Å². The topological polar surface area (TPSA) is 63.8 Å². The van der Waals surface area contributed by atoms with Crippen LogP contribution in [0.25, 0.3) is 0 Å². The van der Waals surface area contributed by atoms with Crippen molar-refractivity contribution in [3.63, 3.8) is 0 Å². The van der Waals surface area contributed by atoms with Crippen molar-refractivity contribution in [2.75, 3.05) is 11.9 Å². The van der Waals surface area contributed by atoms with Crippen molar-refractivity contribution < 1.29 is 0 Å². The zero-order chi connectivity index (χ0) is 11.3. The molecule has 84 valence electrons. The largest absolute Gasteiger partial charge is 0.366 e. The molecule has 0 saturated carbocycles. The summed E-state index contributed by atoms with van der Waals surface area (Å²) in [7, 11) is 0. The monoisotopic (exact) mass is 208 g/mol. The van der Waals surface area contributed by atoms with E-state index in [2.05, 4.69) is 29.1 Å². The van der Waals surface area contributed by atoms with Crippen LogP contribution in [0.2, 0.25) is 0 Å². The van der Waals surface area contributed by atoms with Crippen molar-refractivity contribution in [2.24, 2.45) is 11.7 Å². The number of anilines is 1. The molecule has 0 amide bonds. The minimum atomic E-state index is 0.291. The average Bonchev–Trinajstić information content (AvgIpc) is 2.16. The molecular formula is C11H20N4. The van der Waals surface area contributed by atoms with Crippen LogP contribution in [0.15, 0.2) is 12.3 Å².